The molecule has 0 aliphatic carbocycles. The summed E-state index contributed by atoms with van der Waals surface area (Å²) in [6.45, 7) is 1.49. The van der Waals surface area contributed by atoms with Gasteiger partial charge in [-0.2, -0.15) is 18.2 Å². The summed E-state index contributed by atoms with van der Waals surface area (Å²) >= 11 is 0. The van der Waals surface area contributed by atoms with Crippen molar-refractivity contribution in [3.8, 4) is 17.1 Å². The van der Waals surface area contributed by atoms with Gasteiger partial charge in [-0.05, 0) is 30.3 Å². The van der Waals surface area contributed by atoms with Gasteiger partial charge in [0.15, 0.2) is 0 Å². The Morgan fingerprint density at radius 2 is 1.81 bits per heavy atom. The van der Waals surface area contributed by atoms with E-state index in [1.165, 1.54) is 17.0 Å². The van der Waals surface area contributed by atoms with Gasteiger partial charge < -0.3 is 19.1 Å². The minimum absolute atomic E-state index is 0.0152. The fourth-order valence-electron chi connectivity index (χ4n) is 3.34. The van der Waals surface area contributed by atoms with Gasteiger partial charge in [0.05, 0.1) is 12.7 Å². The number of rotatable bonds is 4. The minimum atomic E-state index is -4.49. The van der Waals surface area contributed by atoms with Gasteiger partial charge in [0.1, 0.15) is 5.75 Å². The predicted molar refractivity (Wildman–Crippen MR) is 106 cm³/mol. The van der Waals surface area contributed by atoms with Crippen molar-refractivity contribution in [1.82, 2.24) is 15.0 Å². The zero-order valence-electron chi connectivity index (χ0n) is 16.6. The maximum absolute atomic E-state index is 12.9. The molecule has 2 aromatic carbocycles. The van der Waals surface area contributed by atoms with Crippen LogP contribution in [-0.2, 0) is 6.18 Å². The van der Waals surface area contributed by atoms with E-state index < -0.39 is 17.6 Å². The normalized spacial score (nSPS) is 14.6. The summed E-state index contributed by atoms with van der Waals surface area (Å²) in [7, 11) is 1.57. The van der Waals surface area contributed by atoms with Crippen molar-refractivity contribution in [2.24, 2.45) is 0 Å². The molecule has 31 heavy (non-hydrogen) atoms. The Balaban J connectivity index is 1.41. The molecular formula is C21H19F3N4O3. The van der Waals surface area contributed by atoms with E-state index in [9.17, 15) is 18.0 Å². The molecule has 1 fully saturated rings. The van der Waals surface area contributed by atoms with Crippen LogP contribution in [0.2, 0.25) is 0 Å². The highest BCUT2D eigenvalue weighted by atomic mass is 19.4. The van der Waals surface area contributed by atoms with Crippen LogP contribution in [0.3, 0.4) is 0 Å². The molecule has 162 valence electrons. The molecule has 0 radical (unpaired) electrons. The number of carbonyl (C=O) groups excluding carboxylic acids is 1. The van der Waals surface area contributed by atoms with Crippen molar-refractivity contribution < 1.29 is 27.2 Å². The Morgan fingerprint density at radius 1 is 1.06 bits per heavy atom. The highest BCUT2D eigenvalue weighted by molar-refractivity contribution is 5.94. The lowest BCUT2D eigenvalue weighted by molar-refractivity contribution is -0.137. The van der Waals surface area contributed by atoms with Crippen LogP contribution in [0.4, 0.5) is 19.2 Å². The average molecular weight is 432 g/mol. The van der Waals surface area contributed by atoms with E-state index in [0.29, 0.717) is 43.8 Å². The van der Waals surface area contributed by atoms with Crippen molar-refractivity contribution in [2.75, 3.05) is 38.2 Å². The van der Waals surface area contributed by atoms with E-state index in [0.717, 1.165) is 17.7 Å². The number of amides is 1. The smallest absolute Gasteiger partial charge is 0.416 e. The number of halogens is 3. The fourth-order valence-corrected chi connectivity index (χ4v) is 3.34. The van der Waals surface area contributed by atoms with Crippen LogP contribution in [0.5, 0.6) is 5.75 Å². The van der Waals surface area contributed by atoms with Gasteiger partial charge in [0.25, 0.3) is 5.91 Å². The maximum Gasteiger partial charge on any atom is 0.416 e. The van der Waals surface area contributed by atoms with Gasteiger partial charge in [-0.15, -0.1) is 0 Å². The van der Waals surface area contributed by atoms with Crippen LogP contribution in [0.15, 0.2) is 53.1 Å². The topological polar surface area (TPSA) is 71.7 Å². The molecule has 0 bridgehead atoms. The first-order valence-electron chi connectivity index (χ1n) is 9.55. The van der Waals surface area contributed by atoms with Crippen LogP contribution < -0.4 is 9.64 Å². The molecule has 1 saturated heterocycles. The van der Waals surface area contributed by atoms with E-state index in [-0.39, 0.29) is 5.56 Å². The third-order valence-electron chi connectivity index (χ3n) is 5.02. The molecule has 0 N–H and O–H groups in total. The number of benzene rings is 2. The van der Waals surface area contributed by atoms with Gasteiger partial charge in [-0.25, -0.2) is 0 Å². The Morgan fingerprint density at radius 3 is 2.52 bits per heavy atom. The second kappa shape index (κ2) is 8.29. The Hall–Kier alpha value is -3.56. The van der Waals surface area contributed by atoms with Crippen LogP contribution in [0.25, 0.3) is 11.4 Å². The quantitative estimate of drug-likeness (QED) is 0.626. The van der Waals surface area contributed by atoms with Crippen molar-refractivity contribution in [2.45, 2.75) is 6.18 Å². The second-order valence-electron chi connectivity index (χ2n) is 6.99. The summed E-state index contributed by atoms with van der Waals surface area (Å²) in [5.74, 6) is 0.648. The molecule has 0 spiro atoms. The van der Waals surface area contributed by atoms with Gasteiger partial charge in [0.2, 0.25) is 5.82 Å². The fraction of sp³-hybridized carbons (Fsp3) is 0.286. The molecule has 1 aromatic heterocycles. The summed E-state index contributed by atoms with van der Waals surface area (Å²) in [4.78, 5) is 20.4. The number of hydrogen-bond acceptors (Lipinski definition) is 6. The number of nitrogens with zero attached hydrogens (tertiary/aromatic N) is 4. The molecule has 2 heterocycles. The molecule has 4 rings (SSSR count). The third-order valence-corrected chi connectivity index (χ3v) is 5.02. The summed E-state index contributed by atoms with van der Waals surface area (Å²) in [5, 5.41) is 4.00. The van der Waals surface area contributed by atoms with E-state index >= 15 is 0 Å². The summed E-state index contributed by atoms with van der Waals surface area (Å²) in [6.07, 6.45) is -4.49. The van der Waals surface area contributed by atoms with Crippen LogP contribution in [0, 0.1) is 0 Å². The molecular weight excluding hydrogens is 413 g/mol. The first-order chi connectivity index (χ1) is 14.8. The monoisotopic (exact) mass is 432 g/mol. The van der Waals surface area contributed by atoms with Crippen molar-refractivity contribution in [1.29, 1.82) is 0 Å². The first kappa shape index (κ1) is 20.7. The number of hydrogen-bond donors (Lipinski definition) is 0. The molecule has 0 saturated carbocycles. The molecule has 1 aliphatic rings. The Labute approximate surface area is 176 Å². The standard InChI is InChI=1S/C21H19F3N4O3/c1-30-17-7-3-4-14(13-17)18-25-20(31-26-18)28-10-8-27(9-11-28)19(29)15-5-2-6-16(12-15)21(22,23)24/h2-7,12-13H,8-11H2,1H3. The Kier molecular flexibility index (Phi) is 5.53. The highest BCUT2D eigenvalue weighted by Gasteiger charge is 2.32. The molecule has 7 nitrogen and oxygen atoms in total. The van der Waals surface area contributed by atoms with Gasteiger partial charge >= 0.3 is 12.2 Å². The maximum atomic E-state index is 12.9. The lowest BCUT2D eigenvalue weighted by Gasteiger charge is -2.33. The number of anilines is 1. The minimum Gasteiger partial charge on any atom is -0.497 e. The third kappa shape index (κ3) is 4.47. The molecule has 0 atom stereocenters. The summed E-state index contributed by atoms with van der Waals surface area (Å²) in [6, 6.07) is 12.0. The van der Waals surface area contributed by atoms with Gasteiger partial charge in [-0.3, -0.25) is 4.79 Å². The van der Waals surface area contributed by atoms with E-state index in [1.807, 2.05) is 23.1 Å². The Bertz CT molecular complexity index is 1080. The van der Waals surface area contributed by atoms with Crippen molar-refractivity contribution in [3.63, 3.8) is 0 Å². The van der Waals surface area contributed by atoms with Crippen LogP contribution in [-0.4, -0.2) is 54.2 Å². The SMILES string of the molecule is COc1cccc(-c2noc(N3CCN(C(=O)c4cccc(C(F)(F)F)c4)CC3)n2)c1. The van der Waals surface area contributed by atoms with Crippen molar-refractivity contribution in [3.05, 3.63) is 59.7 Å². The first-order valence-corrected chi connectivity index (χ1v) is 9.55. The largest absolute Gasteiger partial charge is 0.497 e. The van der Waals surface area contributed by atoms with E-state index in [4.69, 9.17) is 9.26 Å². The number of aromatic nitrogens is 2. The van der Waals surface area contributed by atoms with E-state index in [1.54, 1.807) is 13.2 Å². The predicted octanol–water partition coefficient (Wildman–Crippen LogP) is 3.73. The van der Waals surface area contributed by atoms with Gasteiger partial charge in [-0.1, -0.05) is 23.4 Å². The van der Waals surface area contributed by atoms with Crippen molar-refractivity contribution >= 4 is 11.9 Å². The van der Waals surface area contributed by atoms with Gasteiger partial charge in [0, 0.05) is 37.3 Å². The number of carbonyl (C=O) groups is 1. The highest BCUT2D eigenvalue weighted by Crippen LogP contribution is 2.30. The average Bonchev–Trinajstić information content (AvgIpc) is 3.29. The number of piperazine rings is 1. The number of ether oxygens (including phenoxy) is 1. The van der Waals surface area contributed by atoms with E-state index in [2.05, 4.69) is 10.1 Å². The molecule has 3 aromatic rings. The van der Waals surface area contributed by atoms with Crippen LogP contribution in [0.1, 0.15) is 15.9 Å². The molecule has 1 amide bonds. The molecule has 1 aliphatic heterocycles. The lowest BCUT2D eigenvalue weighted by atomic mass is 10.1. The summed E-state index contributed by atoms with van der Waals surface area (Å²) < 4.78 is 49.3. The number of alkyl halides is 3. The van der Waals surface area contributed by atoms with Crippen LogP contribution >= 0.6 is 0 Å². The summed E-state index contributed by atoms with van der Waals surface area (Å²) in [5.41, 5.74) is -0.0815. The second-order valence-corrected chi connectivity index (χ2v) is 6.99. The zero-order chi connectivity index (χ0) is 22.0. The molecule has 0 unspecified atom stereocenters. The molecule has 10 heteroatoms. The lowest BCUT2D eigenvalue weighted by Crippen LogP contribution is -2.49. The number of methoxy groups -OCH3 is 1. The zero-order valence-corrected chi connectivity index (χ0v) is 16.6.